The third-order valence-corrected chi connectivity index (χ3v) is 5.65. The van der Waals surface area contributed by atoms with Crippen LogP contribution in [0.2, 0.25) is 0 Å². The van der Waals surface area contributed by atoms with Gasteiger partial charge in [0.1, 0.15) is 12.0 Å². The molecule has 1 unspecified atom stereocenters. The first-order valence-electron chi connectivity index (χ1n) is 7.37. The van der Waals surface area contributed by atoms with Crippen LogP contribution in [0.1, 0.15) is 12.0 Å². The maximum atomic E-state index is 12.3. The van der Waals surface area contributed by atoms with Gasteiger partial charge in [0, 0.05) is 6.42 Å². The number of ether oxygens (including phenoxy) is 2. The Morgan fingerprint density at radius 3 is 3.00 bits per heavy atom. The van der Waals surface area contributed by atoms with Crippen LogP contribution in [0.25, 0.3) is 0 Å². The minimum absolute atomic E-state index is 0.0275. The topological polar surface area (TPSA) is 38.8 Å². The average molecular weight is 308 g/mol. The zero-order chi connectivity index (χ0) is 14.7. The molecule has 2 aliphatic rings. The summed E-state index contributed by atoms with van der Waals surface area (Å²) in [5, 5.41) is 0. The summed E-state index contributed by atoms with van der Waals surface area (Å²) in [6, 6.07) is 10.2. The Balaban J connectivity index is 1.55. The van der Waals surface area contributed by atoms with Crippen molar-refractivity contribution in [2.24, 2.45) is 0 Å². The van der Waals surface area contributed by atoms with Gasteiger partial charge in [-0.25, -0.2) is 0 Å². The van der Waals surface area contributed by atoms with Gasteiger partial charge < -0.3 is 14.4 Å². The summed E-state index contributed by atoms with van der Waals surface area (Å²) in [6.45, 7) is 1.74. The Labute approximate surface area is 128 Å². The molecule has 0 radical (unpaired) electrons. The molecule has 1 aromatic rings. The van der Waals surface area contributed by atoms with E-state index in [4.69, 9.17) is 9.47 Å². The molecule has 3 rings (SSSR count). The predicted octanol–water partition coefficient (Wildman–Crippen LogP) is 1.41. The number of nitrogens with zero attached hydrogens (tertiary/aromatic N) is 1. The van der Waals surface area contributed by atoms with Crippen molar-refractivity contribution in [1.29, 1.82) is 0 Å². The summed E-state index contributed by atoms with van der Waals surface area (Å²) in [5.74, 6) is 1.98. The van der Waals surface area contributed by atoms with Crippen LogP contribution in [0.3, 0.4) is 0 Å². The maximum Gasteiger partial charge on any atom is 0.274 e. The van der Waals surface area contributed by atoms with Crippen molar-refractivity contribution in [3.63, 3.8) is 0 Å². The third kappa shape index (κ3) is 3.59. The van der Waals surface area contributed by atoms with Crippen LogP contribution in [-0.4, -0.2) is 54.1 Å². The molecule has 21 heavy (non-hydrogen) atoms. The van der Waals surface area contributed by atoms with E-state index >= 15 is 0 Å². The lowest BCUT2D eigenvalue weighted by Gasteiger charge is -2.25. The molecule has 114 valence electrons. The van der Waals surface area contributed by atoms with Gasteiger partial charge in [-0.2, -0.15) is 0 Å². The quantitative estimate of drug-likeness (QED) is 0.790. The second kappa shape index (κ2) is 6.81. The number of amides is 1. The summed E-state index contributed by atoms with van der Waals surface area (Å²) < 4.78 is 11.6. The minimum atomic E-state index is -0.0275. The monoisotopic (exact) mass is 308 g/mol. The van der Waals surface area contributed by atoms with Gasteiger partial charge in [0.2, 0.25) is 0 Å². The largest absolute Gasteiger partial charge is 0.375 e. The lowest BCUT2D eigenvalue weighted by Crippen LogP contribution is -2.44. The van der Waals surface area contributed by atoms with Gasteiger partial charge in [-0.1, -0.05) is 30.3 Å². The van der Waals surface area contributed by atoms with E-state index in [1.54, 1.807) is 0 Å². The standard InChI is InChI=1S/C16H22NO3S/c1-21-8-7-16-17(15(18)12-21)14(11-20-16)10-19-9-13-5-3-2-4-6-13/h2-6,14,16H,7-12H2,1H3/q+1/t14-,16+,21?/m0/s1. The molecule has 0 N–H and O–H groups in total. The van der Waals surface area contributed by atoms with Crippen LogP contribution in [0.4, 0.5) is 0 Å². The summed E-state index contributed by atoms with van der Waals surface area (Å²) in [6.07, 6.45) is 3.10. The first-order valence-corrected chi connectivity index (χ1v) is 9.35. The van der Waals surface area contributed by atoms with Crippen LogP contribution in [0, 0.1) is 0 Å². The molecule has 0 aliphatic carbocycles. The highest BCUT2D eigenvalue weighted by Crippen LogP contribution is 2.24. The Bertz CT molecular complexity index is 482. The normalized spacial score (nSPS) is 29.3. The molecule has 0 saturated carbocycles. The first-order chi connectivity index (χ1) is 10.2. The second-order valence-corrected chi connectivity index (χ2v) is 7.92. The van der Waals surface area contributed by atoms with E-state index in [0.717, 1.165) is 17.7 Å². The molecule has 1 amide bonds. The molecule has 0 spiro atoms. The van der Waals surface area contributed by atoms with E-state index in [-0.39, 0.29) is 29.1 Å². The number of carbonyl (C=O) groups excluding carboxylic acids is 1. The lowest BCUT2D eigenvalue weighted by atomic mass is 10.2. The Morgan fingerprint density at radius 1 is 1.38 bits per heavy atom. The van der Waals surface area contributed by atoms with Crippen LogP contribution in [0.15, 0.2) is 30.3 Å². The van der Waals surface area contributed by atoms with Gasteiger partial charge in [0.15, 0.2) is 5.75 Å². The molecule has 0 aromatic heterocycles. The van der Waals surface area contributed by atoms with Gasteiger partial charge in [-0.3, -0.25) is 4.79 Å². The summed E-state index contributed by atoms with van der Waals surface area (Å²) in [4.78, 5) is 14.3. The van der Waals surface area contributed by atoms with Crippen LogP contribution in [0.5, 0.6) is 0 Å². The number of hydrogen-bond acceptors (Lipinski definition) is 3. The first kappa shape index (κ1) is 14.9. The molecule has 2 saturated heterocycles. The number of rotatable bonds is 4. The fourth-order valence-corrected chi connectivity index (χ4v) is 4.20. The van der Waals surface area contributed by atoms with E-state index in [9.17, 15) is 4.79 Å². The molecule has 0 bridgehead atoms. The molecule has 4 nitrogen and oxygen atoms in total. The van der Waals surface area contributed by atoms with Crippen LogP contribution in [-0.2, 0) is 31.8 Å². The number of benzene rings is 1. The highest BCUT2D eigenvalue weighted by atomic mass is 32.2. The summed E-state index contributed by atoms with van der Waals surface area (Å²) >= 11 is 0. The number of fused-ring (bicyclic) bond motifs is 1. The van der Waals surface area contributed by atoms with Crippen molar-refractivity contribution >= 4 is 16.8 Å². The van der Waals surface area contributed by atoms with E-state index in [0.29, 0.717) is 25.6 Å². The molecule has 3 atom stereocenters. The van der Waals surface area contributed by atoms with Crippen molar-refractivity contribution in [1.82, 2.24) is 4.90 Å². The van der Waals surface area contributed by atoms with E-state index in [1.807, 2.05) is 35.2 Å². The second-order valence-electron chi connectivity index (χ2n) is 5.66. The minimum Gasteiger partial charge on any atom is -0.375 e. The molecular formula is C16H22NO3S+. The van der Waals surface area contributed by atoms with Crippen LogP contribution < -0.4 is 0 Å². The Hall–Kier alpha value is -1.04. The van der Waals surface area contributed by atoms with Crippen molar-refractivity contribution < 1.29 is 14.3 Å². The Kier molecular flexibility index (Phi) is 4.83. The van der Waals surface area contributed by atoms with E-state index in [1.165, 1.54) is 0 Å². The molecular weight excluding hydrogens is 286 g/mol. The van der Waals surface area contributed by atoms with Gasteiger partial charge >= 0.3 is 0 Å². The average Bonchev–Trinajstić information content (AvgIpc) is 2.83. The highest BCUT2D eigenvalue weighted by molar-refractivity contribution is 7.96. The summed E-state index contributed by atoms with van der Waals surface area (Å²) in [5.41, 5.74) is 1.16. The molecule has 1 aromatic carbocycles. The molecule has 2 heterocycles. The van der Waals surface area contributed by atoms with Crippen molar-refractivity contribution in [3.8, 4) is 0 Å². The summed E-state index contributed by atoms with van der Waals surface area (Å²) in [7, 11) is 0.191. The van der Waals surface area contributed by atoms with Crippen molar-refractivity contribution in [2.45, 2.75) is 25.3 Å². The fraction of sp³-hybridized carbons (Fsp3) is 0.562. The van der Waals surface area contributed by atoms with Crippen molar-refractivity contribution in [2.75, 3.05) is 31.0 Å². The van der Waals surface area contributed by atoms with E-state index < -0.39 is 0 Å². The SMILES string of the molecule is C[S+]1CC[C@H]2OC[C@H](COCc3ccccc3)N2C(=O)C1. The number of carbonyl (C=O) groups is 1. The van der Waals surface area contributed by atoms with Crippen molar-refractivity contribution in [3.05, 3.63) is 35.9 Å². The van der Waals surface area contributed by atoms with Gasteiger partial charge in [-0.05, 0) is 16.5 Å². The highest BCUT2D eigenvalue weighted by Gasteiger charge is 2.42. The van der Waals surface area contributed by atoms with Gasteiger partial charge in [-0.15, -0.1) is 0 Å². The number of hydrogen-bond donors (Lipinski definition) is 0. The lowest BCUT2D eigenvalue weighted by molar-refractivity contribution is -0.135. The molecule has 5 heteroatoms. The predicted molar refractivity (Wildman–Crippen MR) is 84.1 cm³/mol. The zero-order valence-corrected chi connectivity index (χ0v) is 13.2. The zero-order valence-electron chi connectivity index (χ0n) is 12.4. The molecule has 2 fully saturated rings. The van der Waals surface area contributed by atoms with Gasteiger partial charge in [0.05, 0.1) is 32.1 Å². The van der Waals surface area contributed by atoms with Crippen LogP contribution >= 0.6 is 0 Å². The Morgan fingerprint density at radius 2 is 2.19 bits per heavy atom. The smallest absolute Gasteiger partial charge is 0.274 e. The fourth-order valence-electron chi connectivity index (χ4n) is 2.88. The third-order valence-electron chi connectivity index (χ3n) is 3.98. The molecule has 2 aliphatic heterocycles. The van der Waals surface area contributed by atoms with Gasteiger partial charge in [0.25, 0.3) is 5.91 Å². The van der Waals surface area contributed by atoms with E-state index in [2.05, 4.69) is 6.26 Å². The maximum absolute atomic E-state index is 12.3.